The maximum atomic E-state index is 5.27. The number of rotatable bonds is 0. The number of terminal acetylenes is 1. The van der Waals surface area contributed by atoms with E-state index in [0.29, 0.717) is 0 Å². The Kier molecular flexibility index (Phi) is 1.38. The van der Waals surface area contributed by atoms with Gasteiger partial charge in [0.25, 0.3) is 0 Å². The molecule has 0 amide bonds. The number of hydrogen-bond acceptors (Lipinski definition) is 2. The molecule has 2 aromatic heterocycles. The summed E-state index contributed by atoms with van der Waals surface area (Å²) in [5, 5.41) is 3.10. The molecule has 11 heavy (non-hydrogen) atoms. The minimum absolute atomic E-state index is 0.740. The third-order valence-electron chi connectivity index (χ3n) is 1.52. The molecule has 0 aliphatic heterocycles. The van der Waals surface area contributed by atoms with Crippen LogP contribution in [0.5, 0.6) is 0 Å². The van der Waals surface area contributed by atoms with Crippen LogP contribution in [-0.2, 0) is 0 Å². The molecule has 0 fully saturated rings. The van der Waals surface area contributed by atoms with Gasteiger partial charge in [0.05, 0.1) is 0 Å². The van der Waals surface area contributed by atoms with Crippen LogP contribution >= 0.6 is 11.3 Å². The molecule has 2 heterocycles. The number of thiophene rings is 1. The van der Waals surface area contributed by atoms with Crippen LogP contribution in [0.4, 0.5) is 0 Å². The van der Waals surface area contributed by atoms with Crippen molar-refractivity contribution in [2.24, 2.45) is 0 Å². The quantitative estimate of drug-likeness (QED) is 0.537. The number of aromatic nitrogens is 1. The van der Waals surface area contributed by atoms with E-state index in [2.05, 4.69) is 10.9 Å². The Hall–Kier alpha value is -1.33. The Labute approximate surface area is 68.7 Å². The molecule has 0 radical (unpaired) electrons. The minimum atomic E-state index is 0.740. The molecule has 2 heteroatoms. The monoisotopic (exact) mass is 159 g/mol. The molecule has 0 N–H and O–H groups in total. The lowest BCUT2D eigenvalue weighted by molar-refractivity contribution is 1.33. The molecule has 2 rings (SSSR count). The van der Waals surface area contributed by atoms with Crippen LogP contribution in [0.2, 0.25) is 0 Å². The van der Waals surface area contributed by atoms with Crippen LogP contribution in [0.15, 0.2) is 23.7 Å². The summed E-state index contributed by atoms with van der Waals surface area (Å²) in [5.41, 5.74) is 0.740. The van der Waals surface area contributed by atoms with Crippen LogP contribution in [0.1, 0.15) is 5.69 Å². The Morgan fingerprint density at radius 2 is 2.36 bits per heavy atom. The van der Waals surface area contributed by atoms with E-state index in [1.54, 1.807) is 17.5 Å². The van der Waals surface area contributed by atoms with Crippen molar-refractivity contribution in [2.45, 2.75) is 0 Å². The zero-order valence-electron chi connectivity index (χ0n) is 5.74. The van der Waals surface area contributed by atoms with E-state index in [9.17, 15) is 0 Å². The van der Waals surface area contributed by atoms with Gasteiger partial charge in [0.15, 0.2) is 0 Å². The Morgan fingerprint density at radius 3 is 3.18 bits per heavy atom. The smallest absolute Gasteiger partial charge is 0.121 e. The Bertz CT molecular complexity index is 422. The highest BCUT2D eigenvalue weighted by molar-refractivity contribution is 7.17. The highest BCUT2D eigenvalue weighted by Crippen LogP contribution is 2.21. The summed E-state index contributed by atoms with van der Waals surface area (Å²) < 4.78 is 1.20. The van der Waals surface area contributed by atoms with Crippen LogP contribution in [0, 0.1) is 12.3 Å². The summed E-state index contributed by atoms with van der Waals surface area (Å²) in [5.74, 6) is 2.55. The van der Waals surface area contributed by atoms with Gasteiger partial charge in [0.2, 0.25) is 0 Å². The van der Waals surface area contributed by atoms with E-state index in [0.717, 1.165) is 11.1 Å². The lowest BCUT2D eigenvalue weighted by Gasteiger charge is -1.90. The largest absolute Gasteiger partial charge is 0.247 e. The summed E-state index contributed by atoms with van der Waals surface area (Å²) in [4.78, 5) is 4.07. The maximum Gasteiger partial charge on any atom is 0.121 e. The van der Waals surface area contributed by atoms with Gasteiger partial charge in [-0.2, -0.15) is 0 Å². The van der Waals surface area contributed by atoms with Gasteiger partial charge in [-0.15, -0.1) is 17.8 Å². The van der Waals surface area contributed by atoms with Crippen LogP contribution in [0.3, 0.4) is 0 Å². The number of fused-ring (bicyclic) bond motifs is 1. The van der Waals surface area contributed by atoms with Crippen molar-refractivity contribution in [1.82, 2.24) is 4.98 Å². The topological polar surface area (TPSA) is 12.9 Å². The first-order chi connectivity index (χ1) is 5.42. The minimum Gasteiger partial charge on any atom is -0.247 e. The summed E-state index contributed by atoms with van der Waals surface area (Å²) >= 11 is 1.68. The predicted molar refractivity (Wildman–Crippen MR) is 47.6 cm³/mol. The lowest BCUT2D eigenvalue weighted by atomic mass is 10.2. The molecule has 0 saturated heterocycles. The summed E-state index contributed by atoms with van der Waals surface area (Å²) in [6.45, 7) is 0. The van der Waals surface area contributed by atoms with E-state index in [-0.39, 0.29) is 0 Å². The van der Waals surface area contributed by atoms with E-state index < -0.39 is 0 Å². The maximum absolute atomic E-state index is 5.27. The van der Waals surface area contributed by atoms with Gasteiger partial charge in [-0.1, -0.05) is 0 Å². The van der Waals surface area contributed by atoms with Gasteiger partial charge in [0, 0.05) is 16.3 Å². The average molecular weight is 159 g/mol. The lowest BCUT2D eigenvalue weighted by Crippen LogP contribution is -1.79. The first-order valence-electron chi connectivity index (χ1n) is 3.20. The fraction of sp³-hybridized carbons (Fsp3) is 0. The van der Waals surface area contributed by atoms with Crippen molar-refractivity contribution in [3.8, 4) is 12.3 Å². The first-order valence-corrected chi connectivity index (χ1v) is 4.08. The zero-order valence-corrected chi connectivity index (χ0v) is 6.56. The van der Waals surface area contributed by atoms with Gasteiger partial charge >= 0.3 is 0 Å². The van der Waals surface area contributed by atoms with E-state index in [4.69, 9.17) is 6.42 Å². The van der Waals surface area contributed by atoms with Crippen molar-refractivity contribution >= 4 is 21.4 Å². The molecule has 0 aliphatic rings. The Morgan fingerprint density at radius 1 is 1.45 bits per heavy atom. The van der Waals surface area contributed by atoms with Gasteiger partial charge in [0.1, 0.15) is 5.69 Å². The van der Waals surface area contributed by atoms with Gasteiger partial charge in [-0.25, -0.2) is 4.98 Å². The highest BCUT2D eigenvalue weighted by atomic mass is 32.1. The molecular weight excluding hydrogens is 154 g/mol. The van der Waals surface area contributed by atoms with E-state index in [1.165, 1.54) is 4.70 Å². The fourth-order valence-electron chi connectivity index (χ4n) is 1.01. The summed E-state index contributed by atoms with van der Waals surface area (Å²) in [7, 11) is 0. The molecule has 2 aromatic rings. The molecule has 52 valence electrons. The van der Waals surface area contributed by atoms with Gasteiger partial charge in [-0.3, -0.25) is 0 Å². The van der Waals surface area contributed by atoms with Crippen LogP contribution < -0.4 is 0 Å². The SMILES string of the molecule is C#Cc1nccc2sccc12. The summed E-state index contributed by atoms with van der Waals surface area (Å²) in [6, 6.07) is 3.98. The van der Waals surface area contributed by atoms with Crippen molar-refractivity contribution < 1.29 is 0 Å². The van der Waals surface area contributed by atoms with Crippen molar-refractivity contribution in [3.05, 3.63) is 29.4 Å². The molecule has 0 saturated carbocycles. The zero-order chi connectivity index (χ0) is 7.68. The molecule has 0 aliphatic carbocycles. The molecule has 0 aromatic carbocycles. The predicted octanol–water partition coefficient (Wildman–Crippen LogP) is 2.28. The van der Waals surface area contributed by atoms with Crippen molar-refractivity contribution in [3.63, 3.8) is 0 Å². The second-order valence-electron chi connectivity index (χ2n) is 2.14. The highest BCUT2D eigenvalue weighted by Gasteiger charge is 1.98. The fourth-order valence-corrected chi connectivity index (χ4v) is 1.79. The number of hydrogen-bond donors (Lipinski definition) is 0. The molecule has 0 unspecified atom stereocenters. The number of pyridine rings is 1. The molecule has 0 spiro atoms. The molecular formula is C9H5NS. The van der Waals surface area contributed by atoms with E-state index in [1.807, 2.05) is 17.5 Å². The molecule has 0 atom stereocenters. The van der Waals surface area contributed by atoms with Crippen molar-refractivity contribution in [1.29, 1.82) is 0 Å². The average Bonchev–Trinajstić information content (AvgIpc) is 2.50. The second-order valence-corrected chi connectivity index (χ2v) is 3.08. The number of nitrogens with zero attached hydrogens (tertiary/aromatic N) is 1. The van der Waals surface area contributed by atoms with Crippen LogP contribution in [0.25, 0.3) is 10.1 Å². The molecule has 1 nitrogen and oxygen atoms in total. The second kappa shape index (κ2) is 2.37. The van der Waals surface area contributed by atoms with Gasteiger partial charge < -0.3 is 0 Å². The first kappa shape index (κ1) is 6.38. The standard InChI is InChI=1S/C9H5NS/c1-2-8-7-4-6-11-9(7)3-5-10-8/h1,3-6H. The third-order valence-corrected chi connectivity index (χ3v) is 2.40. The van der Waals surface area contributed by atoms with Crippen LogP contribution in [-0.4, -0.2) is 4.98 Å². The molecule has 0 bridgehead atoms. The normalized spacial score (nSPS) is 9.73. The third kappa shape index (κ3) is 0.903. The van der Waals surface area contributed by atoms with E-state index >= 15 is 0 Å². The van der Waals surface area contributed by atoms with Gasteiger partial charge in [-0.05, 0) is 23.4 Å². The Balaban J connectivity index is 2.92. The summed E-state index contributed by atoms with van der Waals surface area (Å²) in [6.07, 6.45) is 7.01. The van der Waals surface area contributed by atoms with Crippen molar-refractivity contribution in [2.75, 3.05) is 0 Å².